The average Bonchev–Trinajstić information content (AvgIpc) is 3.64. The SMILES string of the molecule is CC(C)CC(=O)NC[C@H](O)C[C@H](O)[C@H](CC1CCCCC1)NC(=O)[C@H](Cc1cnc[nH]1)NC(=O)[C@H](Cc1ccccc1)NC(=O)N1CCC(N)CC1. The molecule has 0 radical (unpaired) electrons. The highest BCUT2D eigenvalue weighted by Crippen LogP contribution is 2.28. The molecule has 1 aromatic carbocycles. The first-order chi connectivity index (χ1) is 25.0. The predicted molar refractivity (Wildman–Crippen MR) is 198 cm³/mol. The maximum atomic E-state index is 14.1. The Labute approximate surface area is 307 Å². The molecule has 1 saturated heterocycles. The molecule has 1 aliphatic carbocycles. The molecule has 2 heterocycles. The summed E-state index contributed by atoms with van der Waals surface area (Å²) in [5.74, 6) is -0.742. The Hall–Kier alpha value is -4.01. The molecule has 1 aliphatic heterocycles. The number of aromatic amines is 1. The number of carbonyl (C=O) groups excluding carboxylic acids is 4. The van der Waals surface area contributed by atoms with Crippen LogP contribution in [0, 0.1) is 11.8 Å². The first kappa shape index (κ1) is 40.8. The number of H-pyrrole nitrogens is 1. The summed E-state index contributed by atoms with van der Waals surface area (Å²) in [6.07, 6.45) is 8.63. The van der Waals surface area contributed by atoms with Gasteiger partial charge in [0.25, 0.3) is 0 Å². The van der Waals surface area contributed by atoms with Gasteiger partial charge in [-0.3, -0.25) is 14.4 Å². The van der Waals surface area contributed by atoms with Crippen molar-refractivity contribution >= 4 is 23.8 Å². The van der Waals surface area contributed by atoms with Crippen LogP contribution < -0.4 is 27.0 Å². The molecule has 0 bridgehead atoms. The number of urea groups is 1. The summed E-state index contributed by atoms with van der Waals surface area (Å²) < 4.78 is 0. The molecule has 52 heavy (non-hydrogen) atoms. The van der Waals surface area contributed by atoms with Gasteiger partial charge >= 0.3 is 6.03 Å². The van der Waals surface area contributed by atoms with Crippen LogP contribution in [-0.2, 0) is 27.2 Å². The van der Waals surface area contributed by atoms with Crippen LogP contribution in [0.5, 0.6) is 0 Å². The lowest BCUT2D eigenvalue weighted by Gasteiger charge is -2.33. The monoisotopic (exact) mass is 724 g/mol. The number of aliphatic hydroxyl groups excluding tert-OH is 2. The lowest BCUT2D eigenvalue weighted by Crippen LogP contribution is -2.59. The molecule has 9 N–H and O–H groups in total. The first-order valence-electron chi connectivity index (χ1n) is 19.0. The Morgan fingerprint density at radius 2 is 1.60 bits per heavy atom. The summed E-state index contributed by atoms with van der Waals surface area (Å²) in [5.41, 5.74) is 7.50. The van der Waals surface area contributed by atoms with Crippen LogP contribution in [0.25, 0.3) is 0 Å². The van der Waals surface area contributed by atoms with E-state index in [-0.39, 0.29) is 55.6 Å². The number of likely N-dealkylation sites (tertiary alicyclic amines) is 1. The molecule has 0 spiro atoms. The summed E-state index contributed by atoms with van der Waals surface area (Å²) in [6, 6.07) is 6.26. The Balaban J connectivity index is 1.49. The zero-order valence-corrected chi connectivity index (χ0v) is 30.8. The van der Waals surface area contributed by atoms with E-state index in [0.29, 0.717) is 44.5 Å². The fourth-order valence-electron chi connectivity index (χ4n) is 7.08. The lowest BCUT2D eigenvalue weighted by atomic mass is 9.83. The minimum absolute atomic E-state index is 0.00995. The van der Waals surface area contributed by atoms with Crippen molar-refractivity contribution in [1.29, 1.82) is 0 Å². The fraction of sp³-hybridized carbons (Fsp3) is 0.658. The third-order valence-electron chi connectivity index (χ3n) is 10.1. The Kier molecular flexibility index (Phi) is 16.4. The van der Waals surface area contributed by atoms with Crippen LogP contribution in [0.3, 0.4) is 0 Å². The molecule has 5 amide bonds. The first-order valence-corrected chi connectivity index (χ1v) is 19.0. The normalized spacial score (nSPS) is 18.5. The van der Waals surface area contributed by atoms with Gasteiger partial charge in [-0.2, -0.15) is 0 Å². The van der Waals surface area contributed by atoms with Crippen LogP contribution in [0.1, 0.15) is 89.3 Å². The van der Waals surface area contributed by atoms with Gasteiger partial charge in [0.2, 0.25) is 17.7 Å². The van der Waals surface area contributed by atoms with Crippen molar-refractivity contribution in [1.82, 2.24) is 36.1 Å². The Morgan fingerprint density at radius 1 is 0.923 bits per heavy atom. The topological polar surface area (TPSA) is 215 Å². The van der Waals surface area contributed by atoms with Crippen LogP contribution >= 0.6 is 0 Å². The highest BCUT2D eigenvalue weighted by Gasteiger charge is 2.33. The largest absolute Gasteiger partial charge is 0.391 e. The van der Waals surface area contributed by atoms with Crippen molar-refractivity contribution in [2.24, 2.45) is 17.6 Å². The second-order valence-corrected chi connectivity index (χ2v) is 15.1. The van der Waals surface area contributed by atoms with E-state index in [9.17, 15) is 29.4 Å². The van der Waals surface area contributed by atoms with E-state index in [1.165, 1.54) is 6.33 Å². The van der Waals surface area contributed by atoms with E-state index in [1.807, 2.05) is 44.2 Å². The van der Waals surface area contributed by atoms with Gasteiger partial charge in [0.1, 0.15) is 12.1 Å². The van der Waals surface area contributed by atoms with Gasteiger partial charge in [-0.15, -0.1) is 0 Å². The van der Waals surface area contributed by atoms with Crippen LogP contribution in [0.4, 0.5) is 4.79 Å². The molecule has 0 unspecified atom stereocenters. The van der Waals surface area contributed by atoms with Gasteiger partial charge in [-0.25, -0.2) is 9.78 Å². The number of benzene rings is 1. The maximum Gasteiger partial charge on any atom is 0.318 e. The second-order valence-electron chi connectivity index (χ2n) is 15.1. The van der Waals surface area contributed by atoms with E-state index < -0.39 is 42.1 Å². The summed E-state index contributed by atoms with van der Waals surface area (Å²) in [4.78, 5) is 62.4. The molecule has 2 aromatic rings. The molecule has 4 rings (SSSR count). The lowest BCUT2D eigenvalue weighted by molar-refractivity contribution is -0.131. The minimum Gasteiger partial charge on any atom is -0.391 e. The number of imidazole rings is 1. The molecular formula is C38H60N8O6. The van der Waals surface area contributed by atoms with Crippen molar-refractivity contribution < 1.29 is 29.4 Å². The van der Waals surface area contributed by atoms with E-state index in [1.54, 1.807) is 11.1 Å². The minimum atomic E-state index is -1.10. The molecule has 14 nitrogen and oxygen atoms in total. The fourth-order valence-corrected chi connectivity index (χ4v) is 7.08. The van der Waals surface area contributed by atoms with Gasteiger partial charge in [-0.1, -0.05) is 76.3 Å². The van der Waals surface area contributed by atoms with Gasteiger partial charge in [0.05, 0.1) is 24.6 Å². The van der Waals surface area contributed by atoms with E-state index in [0.717, 1.165) is 37.7 Å². The molecule has 2 aliphatic rings. The molecule has 2 fully saturated rings. The molecular weight excluding hydrogens is 664 g/mol. The highest BCUT2D eigenvalue weighted by molar-refractivity contribution is 5.92. The van der Waals surface area contributed by atoms with Crippen LogP contribution in [0.15, 0.2) is 42.9 Å². The van der Waals surface area contributed by atoms with Crippen LogP contribution in [0.2, 0.25) is 0 Å². The van der Waals surface area contributed by atoms with E-state index in [2.05, 4.69) is 31.2 Å². The maximum absolute atomic E-state index is 14.1. The van der Waals surface area contributed by atoms with Crippen molar-refractivity contribution in [3.8, 4) is 0 Å². The third kappa shape index (κ3) is 13.8. The number of hydrogen-bond donors (Lipinski definition) is 8. The number of piperidine rings is 1. The third-order valence-corrected chi connectivity index (χ3v) is 10.1. The smallest absolute Gasteiger partial charge is 0.318 e. The van der Waals surface area contributed by atoms with Crippen molar-refractivity contribution in [2.45, 2.75) is 127 Å². The second kappa shape index (κ2) is 20.9. The molecule has 288 valence electrons. The zero-order chi connectivity index (χ0) is 37.5. The number of carbonyl (C=O) groups is 4. The van der Waals surface area contributed by atoms with Crippen molar-refractivity contribution in [3.05, 3.63) is 54.1 Å². The van der Waals surface area contributed by atoms with Crippen molar-refractivity contribution in [3.63, 3.8) is 0 Å². The summed E-state index contributed by atoms with van der Waals surface area (Å²) in [6.45, 7) is 4.84. The Morgan fingerprint density at radius 3 is 2.25 bits per heavy atom. The number of nitrogens with zero attached hydrogens (tertiary/aromatic N) is 2. The predicted octanol–water partition coefficient (Wildman–Crippen LogP) is 1.91. The number of aromatic nitrogens is 2. The molecule has 5 atom stereocenters. The van der Waals surface area contributed by atoms with E-state index >= 15 is 0 Å². The Bertz CT molecular complexity index is 1380. The standard InChI is InChI=1S/C38H60N8O6/c1-25(2)17-35(49)41-23-30(47)21-34(48)31(18-26-9-5-3-6-10-26)43-37(51)33(20-29-22-40-24-42-29)44-36(50)32(19-27-11-7-4-8-12-27)45-38(52)46-15-13-28(39)14-16-46/h4,7-8,11-12,22,24-26,28,30-34,47-48H,3,5-6,9-10,13-21,23,39H2,1-2H3,(H,40,42)(H,41,49)(H,43,51)(H,44,50)(H,45,52)/t30-,31+,32+,33+,34+/m1/s1. The molecule has 14 heteroatoms. The molecule has 1 saturated carbocycles. The molecule has 1 aromatic heterocycles. The summed E-state index contributed by atoms with van der Waals surface area (Å²) in [5, 5.41) is 33.7. The van der Waals surface area contributed by atoms with Gasteiger partial charge < -0.3 is 47.1 Å². The zero-order valence-electron chi connectivity index (χ0n) is 30.8. The van der Waals surface area contributed by atoms with E-state index in [4.69, 9.17) is 5.73 Å². The number of rotatable bonds is 18. The number of hydrogen-bond acceptors (Lipinski definition) is 8. The number of amides is 5. The van der Waals surface area contributed by atoms with Gasteiger partial charge in [-0.05, 0) is 36.7 Å². The summed E-state index contributed by atoms with van der Waals surface area (Å²) in [7, 11) is 0. The average molecular weight is 725 g/mol. The number of nitrogens with one attached hydrogen (secondary N) is 5. The quantitative estimate of drug-likeness (QED) is 0.113. The van der Waals surface area contributed by atoms with Gasteiger partial charge in [0, 0.05) is 63.3 Å². The number of aliphatic hydroxyl groups is 2. The van der Waals surface area contributed by atoms with Gasteiger partial charge in [0.15, 0.2) is 0 Å². The van der Waals surface area contributed by atoms with Crippen molar-refractivity contribution in [2.75, 3.05) is 19.6 Å². The number of nitrogens with two attached hydrogens (primary N) is 1. The highest BCUT2D eigenvalue weighted by atomic mass is 16.3. The van der Waals surface area contributed by atoms with Crippen LogP contribution in [-0.4, -0.2) is 105 Å². The summed E-state index contributed by atoms with van der Waals surface area (Å²) >= 11 is 0.